The third-order valence-corrected chi connectivity index (χ3v) is 3.43. The van der Waals surface area contributed by atoms with Gasteiger partial charge >= 0.3 is 11.9 Å². The van der Waals surface area contributed by atoms with E-state index in [9.17, 15) is 19.8 Å². The molecule has 0 aromatic heterocycles. The van der Waals surface area contributed by atoms with Crippen LogP contribution in [0.2, 0.25) is 0 Å². The van der Waals surface area contributed by atoms with E-state index in [1.807, 2.05) is 13.8 Å². The first-order valence-electron chi connectivity index (χ1n) is 8.64. The Balaban J connectivity index is 0.00000136. The van der Waals surface area contributed by atoms with E-state index >= 15 is 0 Å². The average molecular weight is 380 g/mol. The van der Waals surface area contributed by atoms with Gasteiger partial charge in [-0.3, -0.25) is 0 Å². The monoisotopic (exact) mass is 380 g/mol. The minimum atomic E-state index is -0.605. The van der Waals surface area contributed by atoms with Gasteiger partial charge in [0.2, 0.25) is 0 Å². The van der Waals surface area contributed by atoms with Crippen molar-refractivity contribution < 1.29 is 29.3 Å². The maximum atomic E-state index is 12.1. The van der Waals surface area contributed by atoms with Crippen LogP contribution in [0.4, 0.5) is 0 Å². The Morgan fingerprint density at radius 1 is 0.643 bits per heavy atom. The first-order valence-corrected chi connectivity index (χ1v) is 8.64. The van der Waals surface area contributed by atoms with Gasteiger partial charge in [-0.2, -0.15) is 0 Å². The molecule has 0 bridgehead atoms. The molecule has 2 N–H and O–H groups in total. The molecule has 0 aliphatic carbocycles. The van der Waals surface area contributed by atoms with Gasteiger partial charge in [0.1, 0.15) is 23.0 Å². The summed E-state index contributed by atoms with van der Waals surface area (Å²) in [5.41, 5.74) is 0.549. The number of phenols is 2. The van der Waals surface area contributed by atoms with Gasteiger partial charge in [0.15, 0.2) is 0 Å². The van der Waals surface area contributed by atoms with Crippen LogP contribution in [0, 0.1) is 0 Å². The Morgan fingerprint density at radius 3 is 1.68 bits per heavy atom. The van der Waals surface area contributed by atoms with Gasteiger partial charge in [-0.1, -0.05) is 19.9 Å². The van der Waals surface area contributed by atoms with Crippen molar-refractivity contribution in [3.05, 3.63) is 83.9 Å². The van der Waals surface area contributed by atoms with Crippen molar-refractivity contribution in [3.8, 4) is 23.0 Å². The topological polar surface area (TPSA) is 93.1 Å². The first kappa shape index (κ1) is 20.5. The highest BCUT2D eigenvalue weighted by Crippen LogP contribution is 2.20. The van der Waals surface area contributed by atoms with E-state index in [2.05, 4.69) is 0 Å². The van der Waals surface area contributed by atoms with Gasteiger partial charge in [0, 0.05) is 6.07 Å². The molecule has 3 rings (SSSR count). The van der Waals surface area contributed by atoms with Crippen LogP contribution in [0.15, 0.2) is 72.8 Å². The summed E-state index contributed by atoms with van der Waals surface area (Å²) in [5, 5.41) is 18.6. The predicted octanol–water partition coefficient (Wildman–Crippen LogP) is 4.56. The number of carbonyl (C=O) groups is 2. The van der Waals surface area contributed by atoms with Crippen LogP contribution in [0.5, 0.6) is 23.0 Å². The first-order chi connectivity index (χ1) is 13.5. The van der Waals surface area contributed by atoms with Gasteiger partial charge in [0.05, 0.1) is 11.1 Å². The highest BCUT2D eigenvalue weighted by molar-refractivity contribution is 5.92. The zero-order chi connectivity index (χ0) is 20.5. The van der Waals surface area contributed by atoms with Gasteiger partial charge in [-0.15, -0.1) is 0 Å². The third kappa shape index (κ3) is 5.60. The minimum Gasteiger partial charge on any atom is -0.508 e. The van der Waals surface area contributed by atoms with E-state index in [1.165, 1.54) is 60.7 Å². The molecule has 0 radical (unpaired) electrons. The predicted molar refractivity (Wildman–Crippen MR) is 104 cm³/mol. The quantitative estimate of drug-likeness (QED) is 0.509. The molecule has 0 heterocycles. The lowest BCUT2D eigenvalue weighted by Gasteiger charge is -2.07. The molecule has 144 valence electrons. The summed E-state index contributed by atoms with van der Waals surface area (Å²) in [7, 11) is 0. The van der Waals surface area contributed by atoms with Crippen LogP contribution in [0.25, 0.3) is 0 Å². The molecule has 28 heavy (non-hydrogen) atoms. The molecular weight excluding hydrogens is 360 g/mol. The van der Waals surface area contributed by atoms with E-state index in [4.69, 9.17) is 9.47 Å². The lowest BCUT2D eigenvalue weighted by Crippen LogP contribution is -2.10. The summed E-state index contributed by atoms with van der Waals surface area (Å²) >= 11 is 0. The molecule has 3 aromatic rings. The molecule has 0 saturated carbocycles. The number of aromatic hydroxyl groups is 2. The summed E-state index contributed by atoms with van der Waals surface area (Å²) in [6, 6.07) is 17.4. The smallest absolute Gasteiger partial charge is 0.343 e. The Labute approximate surface area is 162 Å². The lowest BCUT2D eigenvalue weighted by molar-refractivity contribution is 0.0730. The minimum absolute atomic E-state index is 0.00760. The van der Waals surface area contributed by atoms with E-state index in [-0.39, 0.29) is 34.1 Å². The molecule has 0 atom stereocenters. The fraction of sp³-hybridized carbons (Fsp3) is 0.0909. The zero-order valence-electron chi connectivity index (χ0n) is 15.5. The number of hydrogen-bond donors (Lipinski definition) is 2. The van der Waals surface area contributed by atoms with Crippen LogP contribution in [0.1, 0.15) is 34.6 Å². The standard InChI is InChI=1S/C20H14O6.C2H6/c21-15-8-4-13(5-9-15)19(23)25-17-10-6-14(7-11-17)20(24)26-18-3-1-2-16(22)12-18;1-2/h1-12,21-22H;1-2H3. The second kappa shape index (κ2) is 9.78. The number of phenolic OH excluding ortho intramolecular Hbond substituents is 2. The fourth-order valence-corrected chi connectivity index (χ4v) is 2.14. The number of hydrogen-bond acceptors (Lipinski definition) is 6. The van der Waals surface area contributed by atoms with Crippen molar-refractivity contribution >= 4 is 11.9 Å². The summed E-state index contributed by atoms with van der Waals surface area (Å²) < 4.78 is 10.4. The van der Waals surface area contributed by atoms with E-state index in [0.717, 1.165) is 0 Å². The Bertz CT molecular complexity index is 930. The lowest BCUT2D eigenvalue weighted by atomic mass is 10.2. The molecule has 0 unspecified atom stereocenters. The second-order valence-corrected chi connectivity index (χ2v) is 5.35. The van der Waals surface area contributed by atoms with Crippen LogP contribution in [-0.4, -0.2) is 22.2 Å². The Morgan fingerprint density at radius 2 is 1.14 bits per heavy atom. The number of ether oxygens (including phenoxy) is 2. The third-order valence-electron chi connectivity index (χ3n) is 3.43. The van der Waals surface area contributed by atoms with Gasteiger partial charge in [0.25, 0.3) is 0 Å². The maximum Gasteiger partial charge on any atom is 0.343 e. The zero-order valence-corrected chi connectivity index (χ0v) is 15.5. The van der Waals surface area contributed by atoms with E-state index < -0.39 is 11.9 Å². The summed E-state index contributed by atoms with van der Waals surface area (Å²) in [6.07, 6.45) is 0. The average Bonchev–Trinajstić information content (AvgIpc) is 2.70. The van der Waals surface area contributed by atoms with Crippen LogP contribution >= 0.6 is 0 Å². The fourth-order valence-electron chi connectivity index (χ4n) is 2.14. The van der Waals surface area contributed by atoms with E-state index in [1.54, 1.807) is 12.1 Å². The maximum absolute atomic E-state index is 12.1. The summed E-state index contributed by atoms with van der Waals surface area (Å²) in [5.74, 6) is -0.662. The highest BCUT2D eigenvalue weighted by Gasteiger charge is 2.12. The van der Waals surface area contributed by atoms with Gasteiger partial charge in [-0.05, 0) is 60.7 Å². The molecule has 0 amide bonds. The molecule has 0 aliphatic rings. The second-order valence-electron chi connectivity index (χ2n) is 5.35. The number of esters is 2. The van der Waals surface area contributed by atoms with Crippen LogP contribution in [-0.2, 0) is 0 Å². The van der Waals surface area contributed by atoms with Gasteiger partial charge in [-0.25, -0.2) is 9.59 Å². The SMILES string of the molecule is CC.O=C(Oc1ccc(C(=O)Oc2cccc(O)c2)cc1)c1ccc(O)cc1. The van der Waals surface area contributed by atoms with Crippen molar-refractivity contribution in [2.24, 2.45) is 0 Å². The molecule has 6 nitrogen and oxygen atoms in total. The Kier molecular flexibility index (Phi) is 7.16. The summed E-state index contributed by atoms with van der Waals surface area (Å²) in [6.45, 7) is 4.00. The molecular formula is C22H20O6. The largest absolute Gasteiger partial charge is 0.508 e. The molecule has 6 heteroatoms. The van der Waals surface area contributed by atoms with Crippen molar-refractivity contribution in [3.63, 3.8) is 0 Å². The number of benzene rings is 3. The number of rotatable bonds is 4. The van der Waals surface area contributed by atoms with Crippen molar-refractivity contribution in [1.29, 1.82) is 0 Å². The van der Waals surface area contributed by atoms with Crippen LogP contribution < -0.4 is 9.47 Å². The molecule has 0 spiro atoms. The highest BCUT2D eigenvalue weighted by atomic mass is 16.5. The normalized spacial score (nSPS) is 9.64. The van der Waals surface area contributed by atoms with Crippen molar-refractivity contribution in [2.45, 2.75) is 13.8 Å². The van der Waals surface area contributed by atoms with Crippen molar-refractivity contribution in [1.82, 2.24) is 0 Å². The van der Waals surface area contributed by atoms with Crippen molar-refractivity contribution in [2.75, 3.05) is 0 Å². The summed E-state index contributed by atoms with van der Waals surface area (Å²) in [4.78, 5) is 24.1. The Hall–Kier alpha value is -3.80. The molecule has 3 aromatic carbocycles. The van der Waals surface area contributed by atoms with Gasteiger partial charge < -0.3 is 19.7 Å². The molecule has 0 saturated heterocycles. The molecule has 0 fully saturated rings. The van der Waals surface area contributed by atoms with E-state index in [0.29, 0.717) is 0 Å². The number of carbonyl (C=O) groups excluding carboxylic acids is 2. The molecule has 0 aliphatic heterocycles. The van der Waals surface area contributed by atoms with Crippen LogP contribution in [0.3, 0.4) is 0 Å².